The molecule has 2 atom stereocenters. The van der Waals surface area contributed by atoms with Crippen LogP contribution in [0.1, 0.15) is 29.2 Å². The smallest absolute Gasteiger partial charge is 0.123 e. The lowest BCUT2D eigenvalue weighted by Crippen LogP contribution is -2.32. The minimum Gasteiger partial charge on any atom is -0.398 e. The molecule has 6 aromatic carbocycles. The first-order valence-electron chi connectivity index (χ1n) is 21.5. The molecule has 1 aliphatic heterocycles. The van der Waals surface area contributed by atoms with Gasteiger partial charge in [-0.25, -0.2) is 0 Å². The van der Waals surface area contributed by atoms with E-state index in [0.29, 0.717) is 19.1 Å². The Morgan fingerprint density at radius 3 is 2.20 bits per heavy atom. The maximum atomic E-state index is 7.35. The summed E-state index contributed by atoms with van der Waals surface area (Å²) >= 11 is 0. The minimum absolute atomic E-state index is 0.228. The third-order valence-electron chi connectivity index (χ3n) is 13.4. The van der Waals surface area contributed by atoms with E-state index in [0.717, 1.165) is 30.0 Å². The number of nitrogens with one attached hydrogen (secondary N) is 1. The van der Waals surface area contributed by atoms with Crippen molar-refractivity contribution in [2.45, 2.75) is 38.0 Å². The van der Waals surface area contributed by atoms with Crippen LogP contribution in [0.5, 0.6) is 0 Å². The van der Waals surface area contributed by atoms with Crippen molar-refractivity contribution in [2.75, 3.05) is 19.0 Å². The highest BCUT2D eigenvalue weighted by Gasteiger charge is 2.40. The summed E-state index contributed by atoms with van der Waals surface area (Å²) in [6.45, 7) is 1.17. The van der Waals surface area contributed by atoms with Gasteiger partial charge in [0, 0.05) is 69.6 Å². The maximum Gasteiger partial charge on any atom is 0.123 e. The van der Waals surface area contributed by atoms with E-state index in [4.69, 9.17) is 5.73 Å². The molecule has 12 rings (SSSR count). The molecule has 61 heavy (non-hydrogen) atoms. The molecule has 0 amide bonds. The summed E-state index contributed by atoms with van der Waals surface area (Å²) in [6.07, 6.45) is 15.8. The number of fused-ring (bicyclic) bond motifs is 14. The van der Waals surface area contributed by atoms with Crippen LogP contribution in [0.3, 0.4) is 0 Å². The fourth-order valence-electron chi connectivity index (χ4n) is 11.0. The number of nitrogens with two attached hydrogens (primary N) is 1. The monoisotopic (exact) mass is 793 g/mol. The Bertz CT molecular complexity index is 3340. The standard InChI is InChI=1S/C54H47N7/c1-56-54(43(55)33-58-45-26-14-11-23-41(45)50-48(58)31-29-40-38-22-10-15-27-46(38)61(53(40)50)36-19-7-4-8-20-36)57(2)34-59-44-25-13-9-21-37(44)39-30-32-49-51(52(39)59)42-24-12-16-28-47(42)60(49)35-17-5-3-6-18-35/h3-13,15-25,27-32,38,46,56H,14,26,33-34,55H2,1-2H3/b54-43-. The molecule has 3 aromatic heterocycles. The van der Waals surface area contributed by atoms with Crippen LogP contribution in [-0.2, 0) is 19.6 Å². The highest BCUT2D eigenvalue weighted by molar-refractivity contribution is 6.25. The fraction of sp³-hybridized carbons (Fsp3) is 0.148. The van der Waals surface area contributed by atoms with Crippen molar-refractivity contribution in [3.05, 3.63) is 192 Å². The summed E-state index contributed by atoms with van der Waals surface area (Å²) in [4.78, 5) is 4.86. The van der Waals surface area contributed by atoms with Gasteiger partial charge in [0.25, 0.3) is 0 Å². The van der Waals surface area contributed by atoms with Crippen LogP contribution in [-0.4, -0.2) is 38.7 Å². The summed E-state index contributed by atoms with van der Waals surface area (Å²) in [5.41, 5.74) is 21.9. The summed E-state index contributed by atoms with van der Waals surface area (Å²) in [6, 6.07) is 48.8. The number of aromatic nitrogens is 3. The number of para-hydroxylation sites is 4. The third-order valence-corrected chi connectivity index (χ3v) is 13.4. The van der Waals surface area contributed by atoms with E-state index in [-0.39, 0.29) is 6.04 Å². The van der Waals surface area contributed by atoms with Crippen LogP contribution in [0.4, 0.5) is 11.4 Å². The van der Waals surface area contributed by atoms with Gasteiger partial charge >= 0.3 is 0 Å². The van der Waals surface area contributed by atoms with Gasteiger partial charge in [-0.15, -0.1) is 0 Å². The molecule has 0 bridgehead atoms. The molecule has 7 nitrogen and oxygen atoms in total. The van der Waals surface area contributed by atoms with Crippen LogP contribution in [0.2, 0.25) is 0 Å². The topological polar surface area (TPSA) is 59.3 Å². The van der Waals surface area contributed by atoms with E-state index < -0.39 is 0 Å². The molecule has 2 aliphatic carbocycles. The molecule has 0 saturated carbocycles. The van der Waals surface area contributed by atoms with Crippen molar-refractivity contribution in [1.82, 2.24) is 23.9 Å². The zero-order chi connectivity index (χ0) is 40.8. The predicted octanol–water partition coefficient (Wildman–Crippen LogP) is 11.5. The lowest BCUT2D eigenvalue weighted by Gasteiger charge is -2.29. The molecule has 0 radical (unpaired) electrons. The van der Waals surface area contributed by atoms with E-state index in [2.05, 4.69) is 206 Å². The molecular formula is C54H47N7. The summed E-state index contributed by atoms with van der Waals surface area (Å²) in [5.74, 6) is 1.21. The van der Waals surface area contributed by atoms with Gasteiger partial charge in [-0.05, 0) is 66.9 Å². The molecule has 3 N–H and O–H groups in total. The van der Waals surface area contributed by atoms with Gasteiger partial charge in [-0.2, -0.15) is 0 Å². The quantitative estimate of drug-likeness (QED) is 0.161. The van der Waals surface area contributed by atoms with Crippen LogP contribution < -0.4 is 16.0 Å². The van der Waals surface area contributed by atoms with E-state index in [1.165, 1.54) is 82.7 Å². The van der Waals surface area contributed by atoms with Crippen molar-refractivity contribution >= 4 is 72.0 Å². The largest absolute Gasteiger partial charge is 0.398 e. The SMILES string of the molecule is CN/C(=C(/N)Cn1c2c(c3c4c(ccc31)C1C=CC=CC1N4c1ccccc1)C=CCC2)N(C)Cn1c2ccccc2c2ccc3c(c4ccccc4n3-c3ccccc3)c21. The van der Waals surface area contributed by atoms with Gasteiger partial charge in [0.1, 0.15) is 5.82 Å². The number of rotatable bonds is 8. The van der Waals surface area contributed by atoms with Gasteiger partial charge in [0.05, 0.1) is 58.2 Å². The Hall–Kier alpha value is -7.38. The molecule has 0 fully saturated rings. The second-order valence-corrected chi connectivity index (χ2v) is 16.7. The highest BCUT2D eigenvalue weighted by Crippen LogP contribution is 2.53. The normalized spacial score (nSPS) is 17.1. The summed E-state index contributed by atoms with van der Waals surface area (Å²) in [5, 5.41) is 9.87. The molecule has 2 unspecified atom stereocenters. The van der Waals surface area contributed by atoms with Crippen LogP contribution in [0.15, 0.2) is 175 Å². The Kier molecular flexibility index (Phi) is 8.07. The second kappa shape index (κ2) is 13.8. The van der Waals surface area contributed by atoms with E-state index in [1.54, 1.807) is 0 Å². The van der Waals surface area contributed by atoms with E-state index >= 15 is 0 Å². The highest BCUT2D eigenvalue weighted by atomic mass is 15.3. The molecule has 3 aliphatic rings. The minimum atomic E-state index is 0.228. The molecule has 298 valence electrons. The van der Waals surface area contributed by atoms with Gasteiger partial charge < -0.3 is 34.6 Å². The first-order chi connectivity index (χ1) is 30.1. The van der Waals surface area contributed by atoms with Crippen molar-refractivity contribution in [3.8, 4) is 5.69 Å². The maximum absolute atomic E-state index is 7.35. The predicted molar refractivity (Wildman–Crippen MR) is 255 cm³/mol. The molecule has 9 aromatic rings. The van der Waals surface area contributed by atoms with Crippen LogP contribution in [0.25, 0.3) is 66.3 Å². The van der Waals surface area contributed by atoms with E-state index in [1.807, 2.05) is 7.05 Å². The molecular weight excluding hydrogens is 747 g/mol. The molecule has 7 heteroatoms. The van der Waals surface area contributed by atoms with Gasteiger partial charge in [-0.3, -0.25) is 0 Å². The van der Waals surface area contributed by atoms with Crippen molar-refractivity contribution in [2.24, 2.45) is 5.73 Å². The number of anilines is 2. The first-order valence-corrected chi connectivity index (χ1v) is 21.5. The van der Waals surface area contributed by atoms with Gasteiger partial charge in [0.15, 0.2) is 0 Å². The Morgan fingerprint density at radius 2 is 1.39 bits per heavy atom. The number of hydrogen-bond acceptors (Lipinski definition) is 4. The lowest BCUT2D eigenvalue weighted by molar-refractivity contribution is 0.321. The summed E-state index contributed by atoms with van der Waals surface area (Å²) < 4.78 is 7.38. The third kappa shape index (κ3) is 5.23. The van der Waals surface area contributed by atoms with Gasteiger partial charge in [0.2, 0.25) is 0 Å². The summed E-state index contributed by atoms with van der Waals surface area (Å²) in [7, 11) is 4.15. The molecule has 4 heterocycles. The van der Waals surface area contributed by atoms with Crippen LogP contribution >= 0.6 is 0 Å². The number of hydrogen-bond donors (Lipinski definition) is 2. The van der Waals surface area contributed by atoms with Crippen molar-refractivity contribution in [1.29, 1.82) is 0 Å². The van der Waals surface area contributed by atoms with E-state index in [9.17, 15) is 0 Å². The number of nitrogens with zero attached hydrogens (tertiary/aromatic N) is 5. The Balaban J connectivity index is 0.996. The van der Waals surface area contributed by atoms with Crippen molar-refractivity contribution in [3.63, 3.8) is 0 Å². The second-order valence-electron chi connectivity index (χ2n) is 16.7. The zero-order valence-corrected chi connectivity index (χ0v) is 34.5. The number of benzene rings is 6. The average molecular weight is 794 g/mol. The lowest BCUT2D eigenvalue weighted by atomic mass is 9.90. The Morgan fingerprint density at radius 1 is 0.689 bits per heavy atom. The van der Waals surface area contributed by atoms with Crippen molar-refractivity contribution < 1.29 is 0 Å². The molecule has 0 spiro atoms. The first kappa shape index (κ1) is 35.6. The number of allylic oxidation sites excluding steroid dienone is 4. The molecule has 0 saturated heterocycles. The van der Waals surface area contributed by atoms with Gasteiger partial charge in [-0.1, -0.05) is 121 Å². The fourth-order valence-corrected chi connectivity index (χ4v) is 11.0. The Labute approximate surface area is 355 Å². The average Bonchev–Trinajstić information content (AvgIpc) is 4.02. The van der Waals surface area contributed by atoms with Crippen LogP contribution in [0, 0.1) is 0 Å². The zero-order valence-electron chi connectivity index (χ0n) is 34.5.